The topological polar surface area (TPSA) is 58.9 Å². The van der Waals surface area contributed by atoms with E-state index in [9.17, 15) is 8.78 Å². The molecule has 0 aliphatic carbocycles. The molecule has 4 nitrogen and oxygen atoms in total. The van der Waals surface area contributed by atoms with E-state index in [0.29, 0.717) is 0 Å². The molecule has 1 unspecified atom stereocenters. The van der Waals surface area contributed by atoms with Crippen molar-refractivity contribution in [3.05, 3.63) is 13.9 Å². The second-order valence-electron chi connectivity index (χ2n) is 1.80. The van der Waals surface area contributed by atoms with Gasteiger partial charge in [-0.3, -0.25) is 5.26 Å². The largest absolute Gasteiger partial charge is 0.419 e. The fourth-order valence-electron chi connectivity index (χ4n) is 0.406. The van der Waals surface area contributed by atoms with Gasteiger partial charge in [0.2, 0.25) is 0 Å². The zero-order chi connectivity index (χ0) is 8.69. The fourth-order valence-corrected chi connectivity index (χ4v) is 0.406. The minimum Gasteiger partial charge on any atom is -0.419 e. The first-order valence-electron chi connectivity index (χ1n) is 2.85. The SMILES string of the molecule is OOCC(O)COC[C-](F)F.[CH3-].[Rf]. The Balaban J connectivity index is -0.000000500. The molecule has 0 spiro atoms. The van der Waals surface area contributed by atoms with Crippen molar-refractivity contribution in [1.82, 2.24) is 0 Å². The van der Waals surface area contributed by atoms with Crippen LogP contribution in [0.3, 0.4) is 0 Å². The monoisotopic (exact) mass is 453 g/mol. The Morgan fingerprint density at radius 2 is 1.85 bits per heavy atom. The van der Waals surface area contributed by atoms with Crippen molar-refractivity contribution in [1.29, 1.82) is 0 Å². The van der Waals surface area contributed by atoms with Gasteiger partial charge in [-0.15, -0.1) is 0 Å². The van der Waals surface area contributed by atoms with E-state index in [1.165, 1.54) is 0 Å². The summed E-state index contributed by atoms with van der Waals surface area (Å²) < 4.78 is 26.9. The smallest absolute Gasteiger partial charge is 0.110 e. The maximum atomic E-state index is 11.3. The van der Waals surface area contributed by atoms with Gasteiger partial charge in [0.1, 0.15) is 12.7 Å². The van der Waals surface area contributed by atoms with Gasteiger partial charge in [-0.2, -0.15) is 0 Å². The van der Waals surface area contributed by atoms with Crippen LogP contribution in [0.5, 0.6) is 0 Å². The molecule has 0 radical (unpaired) electrons. The molecule has 2 N–H and O–H groups in total. The first kappa shape index (κ1) is 17.7. The number of hydrogen-bond acceptors (Lipinski definition) is 4. The molecule has 0 aromatic heterocycles. The maximum absolute atomic E-state index is 11.3. The summed E-state index contributed by atoms with van der Waals surface area (Å²) in [4.78, 5) is 3.54. The van der Waals surface area contributed by atoms with E-state index in [-0.39, 0.29) is 20.6 Å². The van der Waals surface area contributed by atoms with Gasteiger partial charge in [0.15, 0.2) is 0 Å². The molecule has 0 saturated carbocycles. The van der Waals surface area contributed by atoms with Gasteiger partial charge in [-0.05, 0) is 6.61 Å². The maximum Gasteiger partial charge on any atom is 0.110 e. The molecular formula is C6H12F2O4Rf-2. The van der Waals surface area contributed by atoms with Crippen LogP contribution in [0.2, 0.25) is 0 Å². The van der Waals surface area contributed by atoms with Crippen LogP contribution in [-0.2, 0) is 9.62 Å². The molecule has 0 fully saturated rings. The predicted octanol–water partition coefficient (Wildman–Crippen LogP) is 0.732. The van der Waals surface area contributed by atoms with Crippen LogP contribution in [-0.4, -0.2) is 36.3 Å². The van der Waals surface area contributed by atoms with Crippen LogP contribution < -0.4 is 0 Å². The zero-order valence-corrected chi connectivity index (χ0v) is 13.8. The Morgan fingerprint density at radius 1 is 1.31 bits per heavy atom. The molecule has 0 saturated heterocycles. The second-order valence-corrected chi connectivity index (χ2v) is 1.80. The molecule has 0 heterocycles. The number of aliphatic hydroxyl groups excluding tert-OH is 1. The van der Waals surface area contributed by atoms with Crippen molar-refractivity contribution in [3.8, 4) is 0 Å². The summed E-state index contributed by atoms with van der Waals surface area (Å²) in [7, 11) is 0. The van der Waals surface area contributed by atoms with Crippen molar-refractivity contribution in [2.75, 3.05) is 19.8 Å². The van der Waals surface area contributed by atoms with E-state index < -0.39 is 19.1 Å². The molecule has 0 aliphatic heterocycles. The Kier molecular flexibility index (Phi) is 14.6. The molecule has 0 aromatic rings. The zero-order valence-electron chi connectivity index (χ0n) is 7.37. The molecule has 78 valence electrons. The molecule has 0 bridgehead atoms. The normalized spacial score (nSPS) is 11.8. The third-order valence-corrected chi connectivity index (χ3v) is 0.788. The van der Waals surface area contributed by atoms with Crippen LogP contribution >= 0.6 is 0 Å². The third kappa shape index (κ3) is 13.7. The number of ether oxygens (including phenoxy) is 1. The van der Waals surface area contributed by atoms with E-state index in [0.717, 1.165) is 0 Å². The summed E-state index contributed by atoms with van der Waals surface area (Å²) in [5, 5.41) is 16.5. The average molecular weight is 453 g/mol. The van der Waals surface area contributed by atoms with E-state index in [4.69, 9.17) is 10.4 Å². The molecule has 1 atom stereocenters. The summed E-state index contributed by atoms with van der Waals surface area (Å²) in [5.41, 5.74) is 0. The third-order valence-electron chi connectivity index (χ3n) is 0.788. The van der Waals surface area contributed by atoms with Gasteiger partial charge in [0, 0.05) is 6.43 Å². The van der Waals surface area contributed by atoms with Crippen molar-refractivity contribution in [2.45, 2.75) is 6.10 Å². The summed E-state index contributed by atoms with van der Waals surface area (Å²) >= 11 is 0. The number of aliphatic hydroxyl groups is 1. The number of halogens is 2. The van der Waals surface area contributed by atoms with Crippen LogP contribution in [0.4, 0.5) is 8.78 Å². The van der Waals surface area contributed by atoms with E-state index in [1.54, 1.807) is 0 Å². The Hall–Kier alpha value is -1.30. The minimum atomic E-state index is -1.86. The first-order chi connectivity index (χ1) is 5.16. The van der Waals surface area contributed by atoms with Gasteiger partial charge in [0.25, 0.3) is 0 Å². The molecule has 13 heavy (non-hydrogen) atoms. The minimum absolute atomic E-state index is 0. The van der Waals surface area contributed by atoms with Gasteiger partial charge in [-0.25, -0.2) is 4.89 Å². The number of rotatable bonds is 6. The fraction of sp³-hybridized carbons (Fsp3) is 0.667. The van der Waals surface area contributed by atoms with E-state index >= 15 is 0 Å². The number of hydrogen-bond donors (Lipinski definition) is 2. The molecule has 0 aromatic carbocycles. The van der Waals surface area contributed by atoms with E-state index in [2.05, 4.69) is 9.62 Å². The summed E-state index contributed by atoms with van der Waals surface area (Å²) in [5.74, 6) is 0. The van der Waals surface area contributed by atoms with Crippen LogP contribution in [0, 0.1) is 13.9 Å². The molecule has 0 rings (SSSR count). The van der Waals surface area contributed by atoms with Crippen LogP contribution in [0.25, 0.3) is 0 Å². The van der Waals surface area contributed by atoms with Gasteiger partial charge in [0.05, 0.1) is 6.61 Å². The molecule has 7 heteroatoms. The summed E-state index contributed by atoms with van der Waals surface area (Å²) in [6.07, 6.45) is -2.94. The summed E-state index contributed by atoms with van der Waals surface area (Å²) in [6, 6.07) is 0. The van der Waals surface area contributed by atoms with Gasteiger partial charge >= 0.3 is 0 Å². The van der Waals surface area contributed by atoms with Crippen LogP contribution in [0.1, 0.15) is 0 Å². The Labute approximate surface area is 69.6 Å². The van der Waals surface area contributed by atoms with Crippen molar-refractivity contribution < 1.29 is 28.8 Å². The molecule has 0 aliphatic rings. The van der Waals surface area contributed by atoms with Gasteiger partial charge < -0.3 is 26.1 Å². The molecular weight excluding hydrogens is 441 g/mol. The van der Waals surface area contributed by atoms with Crippen molar-refractivity contribution in [3.63, 3.8) is 0 Å². The summed E-state index contributed by atoms with van der Waals surface area (Å²) in [6.45, 7) is -1.45. The average Bonchev–Trinajstić information content (AvgIpc) is 1.87. The van der Waals surface area contributed by atoms with Crippen molar-refractivity contribution >= 4 is 0 Å². The Bertz CT molecular complexity index is 96.7. The molecule has 0 amide bonds. The first-order valence-corrected chi connectivity index (χ1v) is 2.85. The van der Waals surface area contributed by atoms with Crippen molar-refractivity contribution in [2.24, 2.45) is 0 Å². The van der Waals surface area contributed by atoms with E-state index in [1.807, 2.05) is 0 Å². The standard InChI is InChI=1S/C5H9F2O4.CH3.Rf/c6-5(7)3-10-1-4(8)2-11-9;;/h4,8-9H,1-3H2;1H3;/q2*-1;. The Morgan fingerprint density at radius 3 is 2.23 bits per heavy atom. The van der Waals surface area contributed by atoms with Gasteiger partial charge in [-0.1, -0.05) is 0 Å². The predicted molar refractivity (Wildman–Crippen MR) is 37.3 cm³/mol. The second kappa shape index (κ2) is 10.7. The van der Waals surface area contributed by atoms with Crippen LogP contribution in [0.15, 0.2) is 0 Å². The quantitative estimate of drug-likeness (QED) is 0.354.